The van der Waals surface area contributed by atoms with Crippen LogP contribution in [0, 0.1) is 11.3 Å². The molecule has 5 heteroatoms. The summed E-state index contributed by atoms with van der Waals surface area (Å²) in [6.07, 6.45) is 0. The van der Waals surface area contributed by atoms with Crippen molar-refractivity contribution in [2.75, 3.05) is 12.4 Å². The number of anilines is 1. The van der Waals surface area contributed by atoms with Gasteiger partial charge in [-0.25, -0.2) is 4.79 Å². The average Bonchev–Trinajstić information content (AvgIpc) is 2.73. The number of rotatable bonds is 5. The second kappa shape index (κ2) is 8.54. The third kappa shape index (κ3) is 4.44. The van der Waals surface area contributed by atoms with Crippen molar-refractivity contribution in [3.8, 4) is 22.9 Å². The van der Waals surface area contributed by atoms with E-state index in [2.05, 4.69) is 16.7 Å². The van der Waals surface area contributed by atoms with Crippen molar-refractivity contribution in [2.24, 2.45) is 0 Å². The lowest BCUT2D eigenvalue weighted by molar-refractivity contribution is 0.251. The quantitative estimate of drug-likeness (QED) is 0.703. The van der Waals surface area contributed by atoms with Crippen LogP contribution in [0.15, 0.2) is 72.8 Å². The maximum absolute atomic E-state index is 12.3. The molecule has 5 nitrogen and oxygen atoms in total. The van der Waals surface area contributed by atoms with Crippen LogP contribution in [0.25, 0.3) is 11.1 Å². The Morgan fingerprint density at radius 1 is 1.04 bits per heavy atom. The largest absolute Gasteiger partial charge is 0.497 e. The van der Waals surface area contributed by atoms with Crippen LogP contribution in [0.4, 0.5) is 10.5 Å². The fourth-order valence-corrected chi connectivity index (χ4v) is 2.77. The lowest BCUT2D eigenvalue weighted by Crippen LogP contribution is -2.28. The maximum atomic E-state index is 12.3. The summed E-state index contributed by atoms with van der Waals surface area (Å²) in [6, 6.07) is 24.3. The lowest BCUT2D eigenvalue weighted by Gasteiger charge is -2.12. The van der Waals surface area contributed by atoms with Crippen molar-refractivity contribution < 1.29 is 9.53 Å². The van der Waals surface area contributed by atoms with E-state index in [0.29, 0.717) is 17.8 Å². The van der Waals surface area contributed by atoms with E-state index in [0.717, 1.165) is 22.4 Å². The number of nitrogens with one attached hydrogen (secondary N) is 2. The molecular weight excluding hydrogens is 338 g/mol. The summed E-state index contributed by atoms with van der Waals surface area (Å²) in [6.45, 7) is 0.350. The summed E-state index contributed by atoms with van der Waals surface area (Å²) in [5, 5.41) is 15.2. The Kier molecular flexibility index (Phi) is 5.70. The van der Waals surface area contributed by atoms with Crippen molar-refractivity contribution in [2.45, 2.75) is 6.54 Å². The van der Waals surface area contributed by atoms with Gasteiger partial charge in [-0.2, -0.15) is 5.26 Å². The number of methoxy groups -OCH3 is 1. The molecule has 0 heterocycles. The number of carbonyl (C=O) groups is 1. The topological polar surface area (TPSA) is 74.2 Å². The van der Waals surface area contributed by atoms with Crippen LogP contribution >= 0.6 is 0 Å². The Morgan fingerprint density at radius 2 is 1.81 bits per heavy atom. The molecule has 27 heavy (non-hydrogen) atoms. The molecule has 0 saturated carbocycles. The van der Waals surface area contributed by atoms with E-state index in [1.807, 2.05) is 66.7 Å². The molecule has 0 aromatic heterocycles. The third-order valence-electron chi connectivity index (χ3n) is 4.10. The molecular formula is C22H19N3O2. The molecule has 0 fully saturated rings. The highest BCUT2D eigenvalue weighted by atomic mass is 16.5. The van der Waals surface area contributed by atoms with E-state index in [-0.39, 0.29) is 6.03 Å². The summed E-state index contributed by atoms with van der Waals surface area (Å²) in [4.78, 5) is 12.3. The molecule has 0 saturated heterocycles. The predicted octanol–water partition coefficient (Wildman–Crippen LogP) is 4.56. The van der Waals surface area contributed by atoms with Crippen LogP contribution in [-0.2, 0) is 6.54 Å². The summed E-state index contributed by atoms with van der Waals surface area (Å²) >= 11 is 0. The van der Waals surface area contributed by atoms with Crippen LogP contribution in [0.1, 0.15) is 11.1 Å². The number of nitriles is 1. The SMILES string of the molecule is COc1cccc(CNC(=O)Nc2cccc(-c3ccccc3)c2C#N)c1. The molecule has 134 valence electrons. The number of urea groups is 1. The predicted molar refractivity (Wildman–Crippen MR) is 105 cm³/mol. The van der Waals surface area contributed by atoms with Gasteiger partial charge in [-0.15, -0.1) is 0 Å². The van der Waals surface area contributed by atoms with Crippen LogP contribution in [0.5, 0.6) is 5.75 Å². The van der Waals surface area contributed by atoms with E-state index in [1.165, 1.54) is 0 Å². The molecule has 0 aliphatic carbocycles. The van der Waals surface area contributed by atoms with E-state index in [4.69, 9.17) is 4.74 Å². The summed E-state index contributed by atoms with van der Waals surface area (Å²) in [7, 11) is 1.60. The van der Waals surface area contributed by atoms with E-state index >= 15 is 0 Å². The number of amides is 2. The first-order valence-corrected chi connectivity index (χ1v) is 8.47. The fourth-order valence-electron chi connectivity index (χ4n) is 2.77. The normalized spacial score (nSPS) is 9.93. The van der Waals surface area contributed by atoms with Gasteiger partial charge in [-0.1, -0.05) is 54.6 Å². The number of hydrogen-bond acceptors (Lipinski definition) is 3. The number of nitrogens with zero attached hydrogens (tertiary/aromatic N) is 1. The van der Waals surface area contributed by atoms with Gasteiger partial charge in [0, 0.05) is 12.1 Å². The molecule has 3 rings (SSSR count). The standard InChI is InChI=1S/C22H19N3O2/c1-27-18-10-5-7-16(13-18)15-24-22(26)25-21-12-6-11-19(20(21)14-23)17-8-3-2-4-9-17/h2-13H,15H2,1H3,(H2,24,25,26). The highest BCUT2D eigenvalue weighted by Crippen LogP contribution is 2.28. The molecule has 3 aromatic rings. The highest BCUT2D eigenvalue weighted by molar-refractivity contribution is 5.92. The molecule has 3 aromatic carbocycles. The van der Waals surface area contributed by atoms with Gasteiger partial charge < -0.3 is 15.4 Å². The second-order valence-corrected chi connectivity index (χ2v) is 5.87. The van der Waals surface area contributed by atoms with Gasteiger partial charge >= 0.3 is 6.03 Å². The molecule has 0 aliphatic heterocycles. The molecule has 2 amide bonds. The highest BCUT2D eigenvalue weighted by Gasteiger charge is 2.12. The molecule has 0 unspecified atom stereocenters. The molecule has 0 aliphatic rings. The first-order chi connectivity index (χ1) is 13.2. The van der Waals surface area contributed by atoms with Crippen molar-refractivity contribution >= 4 is 11.7 Å². The van der Waals surface area contributed by atoms with Gasteiger partial charge in [0.1, 0.15) is 11.8 Å². The molecule has 0 spiro atoms. The summed E-state index contributed by atoms with van der Waals surface area (Å²) in [5.74, 6) is 0.733. The Bertz CT molecular complexity index is 978. The number of carbonyl (C=O) groups excluding carboxylic acids is 1. The number of hydrogen-bond donors (Lipinski definition) is 2. The smallest absolute Gasteiger partial charge is 0.319 e. The van der Waals surface area contributed by atoms with Gasteiger partial charge in [-0.3, -0.25) is 0 Å². The van der Waals surface area contributed by atoms with Crippen LogP contribution in [0.3, 0.4) is 0 Å². The second-order valence-electron chi connectivity index (χ2n) is 5.87. The van der Waals surface area contributed by atoms with Gasteiger partial charge in [0.2, 0.25) is 0 Å². The molecule has 2 N–H and O–H groups in total. The minimum Gasteiger partial charge on any atom is -0.497 e. The monoisotopic (exact) mass is 357 g/mol. The Morgan fingerprint density at radius 3 is 2.56 bits per heavy atom. The van der Waals surface area contributed by atoms with Crippen LogP contribution < -0.4 is 15.4 Å². The average molecular weight is 357 g/mol. The molecule has 0 atom stereocenters. The first-order valence-electron chi connectivity index (χ1n) is 8.47. The Hall–Kier alpha value is -3.78. The van der Waals surface area contributed by atoms with Crippen molar-refractivity contribution in [1.29, 1.82) is 5.26 Å². The number of benzene rings is 3. The lowest BCUT2D eigenvalue weighted by atomic mass is 9.99. The zero-order chi connectivity index (χ0) is 19.1. The van der Waals surface area contributed by atoms with Crippen molar-refractivity contribution in [1.82, 2.24) is 5.32 Å². The Balaban J connectivity index is 1.73. The van der Waals surface area contributed by atoms with Crippen molar-refractivity contribution in [3.05, 3.63) is 83.9 Å². The van der Waals surface area contributed by atoms with Gasteiger partial charge in [-0.05, 0) is 29.3 Å². The third-order valence-corrected chi connectivity index (χ3v) is 4.10. The molecule has 0 radical (unpaired) electrons. The van der Waals surface area contributed by atoms with Gasteiger partial charge in [0.25, 0.3) is 0 Å². The van der Waals surface area contributed by atoms with Crippen LogP contribution in [0.2, 0.25) is 0 Å². The van der Waals surface area contributed by atoms with Crippen LogP contribution in [-0.4, -0.2) is 13.1 Å². The summed E-state index contributed by atoms with van der Waals surface area (Å²) in [5.41, 5.74) is 3.53. The summed E-state index contributed by atoms with van der Waals surface area (Å²) < 4.78 is 5.18. The van der Waals surface area contributed by atoms with Crippen molar-refractivity contribution in [3.63, 3.8) is 0 Å². The minimum atomic E-state index is -0.375. The molecule has 0 bridgehead atoms. The van der Waals surface area contributed by atoms with Gasteiger partial charge in [0.15, 0.2) is 0 Å². The van der Waals surface area contributed by atoms with E-state index in [9.17, 15) is 10.1 Å². The fraction of sp³-hybridized carbons (Fsp3) is 0.0909. The van der Waals surface area contributed by atoms with Gasteiger partial charge in [0.05, 0.1) is 18.4 Å². The zero-order valence-corrected chi connectivity index (χ0v) is 14.9. The maximum Gasteiger partial charge on any atom is 0.319 e. The van der Waals surface area contributed by atoms with E-state index < -0.39 is 0 Å². The number of ether oxygens (including phenoxy) is 1. The Labute approximate surface area is 158 Å². The van der Waals surface area contributed by atoms with E-state index in [1.54, 1.807) is 13.2 Å². The first kappa shape index (κ1) is 18.0. The minimum absolute atomic E-state index is 0.350. The zero-order valence-electron chi connectivity index (χ0n) is 14.9.